The molecule has 8 heteroatoms. The Kier molecular flexibility index (Phi) is 3.19. The van der Waals surface area contributed by atoms with E-state index in [2.05, 4.69) is 49.8 Å². The highest BCUT2D eigenvalue weighted by Crippen LogP contribution is 2.28. The molecule has 0 atom stereocenters. The minimum atomic E-state index is -0.132. The molecule has 0 saturated heterocycles. The minimum Gasteiger partial charge on any atom is -0.350 e. The van der Waals surface area contributed by atoms with Gasteiger partial charge in [0.15, 0.2) is 0 Å². The van der Waals surface area contributed by atoms with Crippen LogP contribution in [0.15, 0.2) is 24.3 Å². The van der Waals surface area contributed by atoms with Crippen molar-refractivity contribution in [3.8, 4) is 22.8 Å². The van der Waals surface area contributed by atoms with Crippen molar-refractivity contribution in [1.82, 2.24) is 35.9 Å². The van der Waals surface area contributed by atoms with Gasteiger partial charge in [-0.25, -0.2) is 4.98 Å². The zero-order valence-corrected chi connectivity index (χ0v) is 13.4. The van der Waals surface area contributed by atoms with Crippen molar-refractivity contribution in [2.75, 3.05) is 6.54 Å². The second-order valence-corrected chi connectivity index (χ2v) is 6.75. The van der Waals surface area contributed by atoms with Crippen LogP contribution in [0.3, 0.4) is 0 Å². The standard InChI is InChI=1S/C16H17N7O/c1-16(2)7-11-12(15(24)17-8-16)19-13(18-11)9-4-3-5-10(6-9)14-20-22-23-21-14/h3-6H,7-8H2,1-2H3,(H,17,24)(H,18,19)(H,20,21,22,23). The van der Waals surface area contributed by atoms with Gasteiger partial charge in [0.1, 0.15) is 11.5 Å². The van der Waals surface area contributed by atoms with Gasteiger partial charge in [-0.05, 0) is 23.1 Å². The number of benzene rings is 1. The molecule has 2 aromatic heterocycles. The summed E-state index contributed by atoms with van der Waals surface area (Å²) in [4.78, 5) is 20.1. The van der Waals surface area contributed by atoms with Crippen LogP contribution in [0.25, 0.3) is 22.8 Å². The number of hydrogen-bond donors (Lipinski definition) is 3. The Morgan fingerprint density at radius 3 is 2.83 bits per heavy atom. The first-order valence-electron chi connectivity index (χ1n) is 7.73. The number of rotatable bonds is 2. The molecule has 3 aromatic rings. The number of nitrogens with one attached hydrogen (secondary N) is 3. The van der Waals surface area contributed by atoms with Crippen molar-refractivity contribution in [3.63, 3.8) is 0 Å². The SMILES string of the molecule is CC1(C)CNC(=O)c2nc(-c3cccc(-c4nn[nH]n4)c3)[nH]c2C1. The van der Waals surface area contributed by atoms with Gasteiger partial charge in [0.2, 0.25) is 5.82 Å². The fraction of sp³-hybridized carbons (Fsp3) is 0.312. The lowest BCUT2D eigenvalue weighted by Crippen LogP contribution is -2.32. The van der Waals surface area contributed by atoms with Crippen LogP contribution in [0.4, 0.5) is 0 Å². The maximum Gasteiger partial charge on any atom is 0.271 e. The molecule has 0 spiro atoms. The van der Waals surface area contributed by atoms with Gasteiger partial charge in [-0.2, -0.15) is 5.21 Å². The van der Waals surface area contributed by atoms with Crippen LogP contribution in [0, 0.1) is 5.41 Å². The van der Waals surface area contributed by atoms with Gasteiger partial charge in [0.25, 0.3) is 5.91 Å². The van der Waals surface area contributed by atoms with Crippen LogP contribution in [-0.2, 0) is 6.42 Å². The number of aromatic amines is 2. The summed E-state index contributed by atoms with van der Waals surface area (Å²) in [5.74, 6) is 1.05. The first-order chi connectivity index (χ1) is 11.5. The number of carbonyl (C=O) groups excluding carboxylic acids is 1. The van der Waals surface area contributed by atoms with E-state index < -0.39 is 0 Å². The number of H-pyrrole nitrogens is 2. The van der Waals surface area contributed by atoms with E-state index in [9.17, 15) is 4.79 Å². The van der Waals surface area contributed by atoms with Crippen LogP contribution >= 0.6 is 0 Å². The lowest BCUT2D eigenvalue weighted by molar-refractivity contribution is 0.0940. The summed E-state index contributed by atoms with van der Waals surface area (Å²) in [6, 6.07) is 7.66. The molecule has 0 bridgehead atoms. The molecule has 1 aromatic carbocycles. The number of hydrogen-bond acceptors (Lipinski definition) is 5. The summed E-state index contributed by atoms with van der Waals surface area (Å²) in [6.07, 6.45) is 0.763. The Bertz CT molecular complexity index is 895. The van der Waals surface area contributed by atoms with Crippen molar-refractivity contribution in [1.29, 1.82) is 0 Å². The molecular weight excluding hydrogens is 306 g/mol. The van der Waals surface area contributed by atoms with Gasteiger partial charge in [0, 0.05) is 23.4 Å². The lowest BCUT2D eigenvalue weighted by atomic mass is 9.88. The van der Waals surface area contributed by atoms with Crippen molar-refractivity contribution in [2.24, 2.45) is 5.41 Å². The molecule has 8 nitrogen and oxygen atoms in total. The third-order valence-electron chi connectivity index (χ3n) is 4.12. The van der Waals surface area contributed by atoms with Crippen LogP contribution in [0.2, 0.25) is 0 Å². The van der Waals surface area contributed by atoms with E-state index in [-0.39, 0.29) is 11.3 Å². The highest BCUT2D eigenvalue weighted by atomic mass is 16.1. The Hall–Kier alpha value is -3.03. The summed E-state index contributed by atoms with van der Waals surface area (Å²) < 4.78 is 0. The predicted octanol–water partition coefficient (Wildman–Crippen LogP) is 1.57. The Morgan fingerprint density at radius 2 is 2.04 bits per heavy atom. The second kappa shape index (κ2) is 5.26. The Morgan fingerprint density at radius 1 is 1.21 bits per heavy atom. The van der Waals surface area contributed by atoms with E-state index in [0.29, 0.717) is 23.9 Å². The minimum absolute atomic E-state index is 0.0167. The molecule has 3 heterocycles. The van der Waals surface area contributed by atoms with Gasteiger partial charge >= 0.3 is 0 Å². The molecule has 0 aliphatic carbocycles. The lowest BCUT2D eigenvalue weighted by Gasteiger charge is -2.21. The molecule has 24 heavy (non-hydrogen) atoms. The van der Waals surface area contributed by atoms with Crippen LogP contribution in [0.1, 0.15) is 30.0 Å². The molecule has 0 unspecified atom stereocenters. The summed E-state index contributed by atoms with van der Waals surface area (Å²) in [7, 11) is 0. The smallest absolute Gasteiger partial charge is 0.271 e. The maximum absolute atomic E-state index is 12.3. The van der Waals surface area contributed by atoms with E-state index in [0.717, 1.165) is 23.2 Å². The monoisotopic (exact) mass is 323 g/mol. The van der Waals surface area contributed by atoms with E-state index >= 15 is 0 Å². The van der Waals surface area contributed by atoms with E-state index in [1.165, 1.54) is 0 Å². The van der Waals surface area contributed by atoms with E-state index in [4.69, 9.17) is 0 Å². The normalized spacial score (nSPS) is 16.3. The predicted molar refractivity (Wildman–Crippen MR) is 87.0 cm³/mol. The molecule has 0 fully saturated rings. The quantitative estimate of drug-likeness (QED) is 0.662. The zero-order valence-electron chi connectivity index (χ0n) is 13.4. The highest BCUT2D eigenvalue weighted by molar-refractivity contribution is 5.94. The number of nitrogens with zero attached hydrogens (tertiary/aromatic N) is 4. The molecule has 3 N–H and O–H groups in total. The summed E-state index contributed by atoms with van der Waals surface area (Å²) in [5, 5.41) is 16.9. The van der Waals surface area contributed by atoms with E-state index in [1.54, 1.807) is 0 Å². The Balaban J connectivity index is 1.75. The summed E-state index contributed by atoms with van der Waals surface area (Å²) >= 11 is 0. The molecule has 122 valence electrons. The zero-order chi connectivity index (χ0) is 16.7. The summed E-state index contributed by atoms with van der Waals surface area (Å²) in [6.45, 7) is 4.89. The number of carbonyl (C=O) groups is 1. The third-order valence-corrected chi connectivity index (χ3v) is 4.12. The second-order valence-electron chi connectivity index (χ2n) is 6.75. The molecule has 1 amide bonds. The molecule has 0 radical (unpaired) electrons. The van der Waals surface area contributed by atoms with Crippen molar-refractivity contribution in [3.05, 3.63) is 35.7 Å². The van der Waals surface area contributed by atoms with Crippen LogP contribution in [-0.4, -0.2) is 43.0 Å². The van der Waals surface area contributed by atoms with Gasteiger partial charge in [-0.3, -0.25) is 4.79 Å². The van der Waals surface area contributed by atoms with Crippen molar-refractivity contribution >= 4 is 5.91 Å². The average Bonchev–Trinajstić information content (AvgIpc) is 3.20. The largest absolute Gasteiger partial charge is 0.350 e. The average molecular weight is 323 g/mol. The van der Waals surface area contributed by atoms with Crippen LogP contribution < -0.4 is 5.32 Å². The number of amides is 1. The Labute approximate surface area is 138 Å². The topological polar surface area (TPSA) is 112 Å². The van der Waals surface area contributed by atoms with Crippen molar-refractivity contribution < 1.29 is 4.79 Å². The van der Waals surface area contributed by atoms with Crippen molar-refractivity contribution in [2.45, 2.75) is 20.3 Å². The molecule has 0 saturated carbocycles. The number of aromatic nitrogens is 6. The van der Waals surface area contributed by atoms with Gasteiger partial charge in [-0.1, -0.05) is 32.0 Å². The van der Waals surface area contributed by atoms with Gasteiger partial charge < -0.3 is 10.3 Å². The molecule has 1 aliphatic heterocycles. The number of imidazole rings is 1. The first kappa shape index (κ1) is 14.6. The fourth-order valence-corrected chi connectivity index (χ4v) is 2.90. The number of tetrazole rings is 1. The highest BCUT2D eigenvalue weighted by Gasteiger charge is 2.30. The molecule has 1 aliphatic rings. The van der Waals surface area contributed by atoms with Gasteiger partial charge in [-0.15, -0.1) is 10.2 Å². The first-order valence-corrected chi connectivity index (χ1v) is 7.73. The third kappa shape index (κ3) is 2.55. The van der Waals surface area contributed by atoms with Gasteiger partial charge in [0.05, 0.1) is 0 Å². The number of fused-ring (bicyclic) bond motifs is 1. The van der Waals surface area contributed by atoms with Crippen LogP contribution in [0.5, 0.6) is 0 Å². The molecule has 4 rings (SSSR count). The molecular formula is C16H17N7O. The maximum atomic E-state index is 12.3. The summed E-state index contributed by atoms with van der Waals surface area (Å²) in [5.41, 5.74) is 3.03. The van der Waals surface area contributed by atoms with E-state index in [1.807, 2.05) is 24.3 Å². The fourth-order valence-electron chi connectivity index (χ4n) is 2.90.